The van der Waals surface area contributed by atoms with Gasteiger partial charge in [-0.2, -0.15) is 0 Å². The predicted octanol–water partition coefficient (Wildman–Crippen LogP) is -3.31. The van der Waals surface area contributed by atoms with Gasteiger partial charge >= 0.3 is 57.4 Å². The summed E-state index contributed by atoms with van der Waals surface area (Å²) in [5, 5.41) is 15.3. The second-order valence-electron chi connectivity index (χ2n) is 4.38. The van der Waals surface area contributed by atoms with E-state index in [2.05, 4.69) is 10.6 Å². The molecule has 1 atom stereocenters. The molecule has 0 aliphatic rings. The number of rotatable bonds is 7. The molecule has 0 saturated carbocycles. The van der Waals surface area contributed by atoms with Crippen molar-refractivity contribution < 1.29 is 75.6 Å². The molecule has 1 rings (SSSR count). The summed E-state index contributed by atoms with van der Waals surface area (Å²) in [4.78, 5) is 21.9. The van der Waals surface area contributed by atoms with Gasteiger partial charge < -0.3 is 30.0 Å². The number of carboxylic acid groups (broad SMARTS) is 1. The molecule has 1 aromatic carbocycles. The molecule has 0 aromatic heterocycles. The maximum Gasteiger partial charge on any atom is 1.00 e. The molecule has 0 heterocycles. The molecule has 1 aromatic rings. The van der Waals surface area contributed by atoms with Crippen LogP contribution in [-0.2, 0) is 11.2 Å². The number of nitrogens with one attached hydrogen (secondary N) is 2. The zero-order chi connectivity index (χ0) is 15.8. The number of hydrogen-bond acceptors (Lipinski definition) is 5. The van der Waals surface area contributed by atoms with Crippen molar-refractivity contribution in [3.63, 3.8) is 0 Å². The van der Waals surface area contributed by atoms with Crippen molar-refractivity contribution in [3.05, 3.63) is 23.8 Å². The first kappa shape index (κ1) is 21.2. The fourth-order valence-corrected chi connectivity index (χ4v) is 1.66. The Morgan fingerprint density at radius 1 is 1.23 bits per heavy atom. The van der Waals surface area contributed by atoms with Crippen LogP contribution in [0.1, 0.15) is 12.5 Å². The van der Waals surface area contributed by atoms with Crippen LogP contribution in [0.4, 0.5) is 4.79 Å². The predicted molar refractivity (Wildman–Crippen MR) is 74.3 cm³/mol. The first-order valence-electron chi connectivity index (χ1n) is 6.44. The van der Waals surface area contributed by atoms with Crippen LogP contribution in [0.5, 0.6) is 11.5 Å². The monoisotopic (exact) mass is 334 g/mol. The van der Waals surface area contributed by atoms with Crippen molar-refractivity contribution in [1.29, 1.82) is 0 Å². The van der Waals surface area contributed by atoms with Gasteiger partial charge in [-0.05, 0) is 31.0 Å². The minimum atomic E-state index is -1.33. The molecule has 22 heavy (non-hydrogen) atoms. The summed E-state index contributed by atoms with van der Waals surface area (Å²) >= 11 is 0. The standard InChI is InChI=1S/C14H20N2O5.K/c1-9(13(17)18)16-14(19)15-7-6-10-4-5-11(20-2)12(8-10)21-3;/h4-5,8-9H,6-7H2,1-3H3,(H,17,18)(H2,15,16,19);/q;+1/p-1. The number of hydrogen-bond donors (Lipinski definition) is 2. The molecule has 0 saturated heterocycles. The number of carbonyl (C=O) groups is 2. The average molecular weight is 334 g/mol. The van der Waals surface area contributed by atoms with Gasteiger partial charge in [-0.3, -0.25) is 0 Å². The van der Waals surface area contributed by atoms with Gasteiger partial charge in [0.1, 0.15) is 0 Å². The zero-order valence-electron chi connectivity index (χ0n) is 13.3. The number of carboxylic acids is 1. The van der Waals surface area contributed by atoms with E-state index in [1.807, 2.05) is 12.1 Å². The van der Waals surface area contributed by atoms with Crippen LogP contribution in [0.2, 0.25) is 0 Å². The number of benzene rings is 1. The number of aliphatic carboxylic acids is 1. The molecule has 0 fully saturated rings. The summed E-state index contributed by atoms with van der Waals surface area (Å²) in [7, 11) is 3.11. The number of urea groups is 1. The number of methoxy groups -OCH3 is 2. The van der Waals surface area contributed by atoms with E-state index in [4.69, 9.17) is 9.47 Å². The summed E-state index contributed by atoms with van der Waals surface area (Å²) in [6, 6.07) is 3.89. The Hall–Kier alpha value is -0.804. The largest absolute Gasteiger partial charge is 1.00 e. The van der Waals surface area contributed by atoms with Crippen molar-refractivity contribution >= 4 is 12.0 Å². The molecule has 8 heteroatoms. The summed E-state index contributed by atoms with van der Waals surface area (Å²) in [5.41, 5.74) is 0.959. The Morgan fingerprint density at radius 2 is 1.86 bits per heavy atom. The Balaban J connectivity index is 0.00000441. The van der Waals surface area contributed by atoms with Gasteiger partial charge in [0.15, 0.2) is 11.5 Å². The molecule has 0 spiro atoms. The van der Waals surface area contributed by atoms with E-state index in [1.165, 1.54) is 6.92 Å². The molecule has 2 amide bonds. The summed E-state index contributed by atoms with van der Waals surface area (Å²) in [6.45, 7) is 1.70. The van der Waals surface area contributed by atoms with Crippen LogP contribution in [-0.4, -0.2) is 38.8 Å². The Morgan fingerprint density at radius 3 is 2.41 bits per heavy atom. The van der Waals surface area contributed by atoms with E-state index >= 15 is 0 Å². The van der Waals surface area contributed by atoms with Gasteiger partial charge in [-0.15, -0.1) is 0 Å². The zero-order valence-corrected chi connectivity index (χ0v) is 16.4. The SMILES string of the molecule is COc1ccc(CCNC(=O)NC(C)C(=O)[O-])cc1OC.[K+]. The van der Waals surface area contributed by atoms with Crippen LogP contribution < -0.4 is 76.6 Å². The molecule has 1 unspecified atom stereocenters. The third-order valence-corrected chi connectivity index (χ3v) is 2.85. The van der Waals surface area contributed by atoms with Crippen molar-refractivity contribution in [2.45, 2.75) is 19.4 Å². The number of carbonyl (C=O) groups excluding carboxylic acids is 2. The molecule has 0 radical (unpaired) electrons. The van der Waals surface area contributed by atoms with Crippen molar-refractivity contribution in [2.24, 2.45) is 0 Å². The van der Waals surface area contributed by atoms with E-state index < -0.39 is 18.0 Å². The van der Waals surface area contributed by atoms with Crippen molar-refractivity contribution in [2.75, 3.05) is 20.8 Å². The maximum absolute atomic E-state index is 11.4. The van der Waals surface area contributed by atoms with Crippen LogP contribution in [0.25, 0.3) is 0 Å². The van der Waals surface area contributed by atoms with Crippen LogP contribution in [0.15, 0.2) is 18.2 Å². The van der Waals surface area contributed by atoms with E-state index in [0.717, 1.165) is 5.56 Å². The first-order valence-corrected chi connectivity index (χ1v) is 6.44. The number of amides is 2. The molecular weight excluding hydrogens is 315 g/mol. The topological polar surface area (TPSA) is 99.7 Å². The minimum Gasteiger partial charge on any atom is -0.548 e. The smallest absolute Gasteiger partial charge is 0.548 e. The van der Waals surface area contributed by atoms with E-state index in [9.17, 15) is 14.7 Å². The third kappa shape index (κ3) is 6.97. The molecular formula is C14H19KN2O5. The van der Waals surface area contributed by atoms with Gasteiger partial charge in [0, 0.05) is 6.54 Å². The van der Waals surface area contributed by atoms with Crippen LogP contribution >= 0.6 is 0 Å². The summed E-state index contributed by atoms with van der Waals surface area (Å²) in [5.74, 6) is -0.0789. The van der Waals surface area contributed by atoms with Crippen LogP contribution in [0, 0.1) is 0 Å². The number of ether oxygens (including phenoxy) is 2. The third-order valence-electron chi connectivity index (χ3n) is 2.85. The van der Waals surface area contributed by atoms with Gasteiger partial charge in [-0.1, -0.05) is 6.07 Å². The Kier molecular flexibility index (Phi) is 10.4. The molecule has 2 N–H and O–H groups in total. The van der Waals surface area contributed by atoms with E-state index in [0.29, 0.717) is 24.5 Å². The maximum atomic E-state index is 11.4. The normalized spacial score (nSPS) is 10.9. The molecule has 0 bridgehead atoms. The summed E-state index contributed by atoms with van der Waals surface area (Å²) < 4.78 is 10.3. The van der Waals surface area contributed by atoms with Crippen molar-refractivity contribution in [1.82, 2.24) is 10.6 Å². The van der Waals surface area contributed by atoms with Gasteiger partial charge in [0.2, 0.25) is 0 Å². The van der Waals surface area contributed by atoms with Crippen molar-refractivity contribution in [3.8, 4) is 11.5 Å². The first-order chi connectivity index (χ1) is 9.97. The fraction of sp³-hybridized carbons (Fsp3) is 0.429. The quantitative estimate of drug-likeness (QED) is 0.509. The Labute approximate surface area is 172 Å². The van der Waals surface area contributed by atoms with E-state index in [-0.39, 0.29) is 51.4 Å². The second kappa shape index (κ2) is 10.8. The van der Waals surface area contributed by atoms with Gasteiger partial charge in [0.25, 0.3) is 0 Å². The fourth-order valence-electron chi connectivity index (χ4n) is 1.66. The van der Waals surface area contributed by atoms with E-state index in [1.54, 1.807) is 20.3 Å². The summed E-state index contributed by atoms with van der Waals surface area (Å²) in [6.07, 6.45) is 0.577. The molecule has 7 nitrogen and oxygen atoms in total. The average Bonchev–Trinajstić information content (AvgIpc) is 2.46. The molecule has 0 aliphatic carbocycles. The molecule has 0 aliphatic heterocycles. The van der Waals surface area contributed by atoms with Gasteiger partial charge in [0.05, 0.1) is 26.2 Å². The minimum absolute atomic E-state index is 0. The van der Waals surface area contributed by atoms with Crippen LogP contribution in [0.3, 0.4) is 0 Å². The second-order valence-corrected chi connectivity index (χ2v) is 4.38. The van der Waals surface area contributed by atoms with Gasteiger partial charge in [-0.25, -0.2) is 4.79 Å². The molecule has 116 valence electrons. The Bertz CT molecular complexity index is 510.